The maximum atomic E-state index is 12.7. The first-order valence-electron chi connectivity index (χ1n) is 6.03. The summed E-state index contributed by atoms with van der Waals surface area (Å²) in [7, 11) is 1.32. The van der Waals surface area contributed by atoms with Crippen LogP contribution in [-0.2, 0) is 6.18 Å². The molecule has 2 aromatic rings. The molecule has 2 rings (SSSR count). The predicted molar refractivity (Wildman–Crippen MR) is 71.4 cm³/mol. The summed E-state index contributed by atoms with van der Waals surface area (Å²) >= 11 is 0. The lowest BCUT2D eigenvalue weighted by Gasteiger charge is -2.11. The van der Waals surface area contributed by atoms with Gasteiger partial charge >= 0.3 is 12.2 Å². The molecule has 2 N–H and O–H groups in total. The summed E-state index contributed by atoms with van der Waals surface area (Å²) in [4.78, 5) is 7.28. The number of nitrogens with one attached hydrogen (secondary N) is 2. The molecule has 1 atom stereocenters. The monoisotopic (exact) mass is 312 g/mol. The van der Waals surface area contributed by atoms with Crippen LogP contribution in [-0.4, -0.2) is 27.2 Å². The van der Waals surface area contributed by atoms with Crippen LogP contribution >= 0.6 is 0 Å². The van der Waals surface area contributed by atoms with Gasteiger partial charge in [-0.1, -0.05) is 11.0 Å². The van der Waals surface area contributed by atoms with Gasteiger partial charge in [0.2, 0.25) is 11.8 Å². The van der Waals surface area contributed by atoms with Crippen LogP contribution in [0.2, 0.25) is 0 Å². The molecule has 7 nitrogen and oxygen atoms in total. The molecule has 0 aromatic carbocycles. The van der Waals surface area contributed by atoms with Crippen LogP contribution in [0.5, 0.6) is 0 Å². The van der Waals surface area contributed by atoms with Gasteiger partial charge in [0.1, 0.15) is 11.4 Å². The van der Waals surface area contributed by atoms with Crippen molar-refractivity contribution in [2.75, 3.05) is 17.7 Å². The molecular weight excluding hydrogens is 301 g/mol. The zero-order valence-electron chi connectivity index (χ0n) is 11.6. The Hall–Kier alpha value is -2.83. The van der Waals surface area contributed by atoms with Gasteiger partial charge in [-0.15, -0.1) is 11.5 Å². The molecule has 0 aliphatic rings. The molecule has 0 saturated carbocycles. The standard InChI is InChI=1S/C12H11F3N6O/c1-4-6(2)9-20-21-11(22-9)19-10-17-5-7(12(13,14)15)8(16-3)18-10/h1,5-6H,2-3H3,(H2,16,17,18,19,21). The van der Waals surface area contributed by atoms with E-state index in [1.165, 1.54) is 7.05 Å². The van der Waals surface area contributed by atoms with Crippen LogP contribution in [0.25, 0.3) is 0 Å². The zero-order valence-corrected chi connectivity index (χ0v) is 11.6. The van der Waals surface area contributed by atoms with E-state index in [1.807, 2.05) is 0 Å². The second-order valence-electron chi connectivity index (χ2n) is 4.16. The van der Waals surface area contributed by atoms with Crippen molar-refractivity contribution < 1.29 is 17.6 Å². The Morgan fingerprint density at radius 2 is 2.09 bits per heavy atom. The lowest BCUT2D eigenvalue weighted by molar-refractivity contribution is -0.137. The van der Waals surface area contributed by atoms with E-state index in [2.05, 4.69) is 36.7 Å². The summed E-state index contributed by atoms with van der Waals surface area (Å²) in [5.74, 6) is 1.73. The van der Waals surface area contributed by atoms with Crippen molar-refractivity contribution in [1.82, 2.24) is 20.2 Å². The average Bonchev–Trinajstić information content (AvgIpc) is 2.93. The fraction of sp³-hybridized carbons (Fsp3) is 0.333. The number of aromatic nitrogens is 4. The highest BCUT2D eigenvalue weighted by Crippen LogP contribution is 2.33. The minimum atomic E-state index is -4.56. The SMILES string of the molecule is C#CC(C)c1nnc(Nc2ncc(C(F)(F)F)c(NC)n2)o1. The van der Waals surface area contributed by atoms with E-state index in [4.69, 9.17) is 10.8 Å². The molecule has 0 aliphatic carbocycles. The first-order valence-corrected chi connectivity index (χ1v) is 6.03. The molecule has 116 valence electrons. The quantitative estimate of drug-likeness (QED) is 0.838. The summed E-state index contributed by atoms with van der Waals surface area (Å²) < 4.78 is 43.4. The summed E-state index contributed by atoms with van der Waals surface area (Å²) in [6.07, 6.45) is 1.32. The van der Waals surface area contributed by atoms with Crippen LogP contribution in [0.15, 0.2) is 10.6 Å². The van der Waals surface area contributed by atoms with Crippen LogP contribution in [0.3, 0.4) is 0 Å². The number of alkyl halides is 3. The number of halogens is 3. The van der Waals surface area contributed by atoms with Gasteiger partial charge < -0.3 is 9.73 Å². The summed E-state index contributed by atoms with van der Waals surface area (Å²) in [5, 5.41) is 12.2. The molecule has 0 saturated heterocycles. The van der Waals surface area contributed by atoms with Gasteiger partial charge in [-0.25, -0.2) is 4.98 Å². The van der Waals surface area contributed by atoms with Crippen molar-refractivity contribution >= 4 is 17.8 Å². The Kier molecular flexibility index (Phi) is 4.16. The topological polar surface area (TPSA) is 88.8 Å². The summed E-state index contributed by atoms with van der Waals surface area (Å²) in [6, 6.07) is -0.0705. The van der Waals surface area contributed by atoms with Gasteiger partial charge in [0, 0.05) is 13.2 Å². The van der Waals surface area contributed by atoms with Crippen molar-refractivity contribution in [3.8, 4) is 12.3 Å². The molecule has 2 heterocycles. The number of hydrogen-bond donors (Lipinski definition) is 2. The number of nitrogens with zero attached hydrogens (tertiary/aromatic N) is 4. The second-order valence-corrected chi connectivity index (χ2v) is 4.16. The lowest BCUT2D eigenvalue weighted by atomic mass is 10.2. The number of rotatable bonds is 4. The molecule has 1 unspecified atom stereocenters. The molecule has 2 aromatic heterocycles. The van der Waals surface area contributed by atoms with Crippen molar-refractivity contribution in [2.45, 2.75) is 19.0 Å². The molecule has 0 fully saturated rings. The molecule has 22 heavy (non-hydrogen) atoms. The van der Waals surface area contributed by atoms with Crippen molar-refractivity contribution in [1.29, 1.82) is 0 Å². The number of hydrogen-bond acceptors (Lipinski definition) is 7. The van der Waals surface area contributed by atoms with Crippen LogP contribution in [0.1, 0.15) is 24.3 Å². The van der Waals surface area contributed by atoms with Gasteiger partial charge in [0.05, 0.1) is 5.92 Å². The predicted octanol–water partition coefficient (Wildman–Crippen LogP) is 2.40. The van der Waals surface area contributed by atoms with Crippen LogP contribution in [0.4, 0.5) is 31.0 Å². The third-order valence-electron chi connectivity index (χ3n) is 2.61. The van der Waals surface area contributed by atoms with E-state index in [0.717, 1.165) is 0 Å². The Morgan fingerprint density at radius 1 is 1.36 bits per heavy atom. The van der Waals surface area contributed by atoms with Gasteiger partial charge in [0.15, 0.2) is 0 Å². The molecule has 0 aliphatic heterocycles. The molecule has 0 spiro atoms. The minimum Gasteiger partial charge on any atom is -0.406 e. The Bertz CT molecular complexity index is 706. The molecule has 0 radical (unpaired) electrons. The molecule has 0 amide bonds. The first kappa shape index (κ1) is 15.6. The number of terminal acetylenes is 1. The highest BCUT2D eigenvalue weighted by atomic mass is 19.4. The zero-order chi connectivity index (χ0) is 16.3. The summed E-state index contributed by atoms with van der Waals surface area (Å²) in [6.45, 7) is 1.69. The first-order chi connectivity index (χ1) is 10.3. The highest BCUT2D eigenvalue weighted by molar-refractivity contribution is 5.50. The lowest BCUT2D eigenvalue weighted by Crippen LogP contribution is -2.12. The highest BCUT2D eigenvalue weighted by Gasteiger charge is 2.35. The molecule has 10 heteroatoms. The van der Waals surface area contributed by atoms with Crippen molar-refractivity contribution in [3.05, 3.63) is 17.7 Å². The van der Waals surface area contributed by atoms with Gasteiger partial charge in [-0.3, -0.25) is 5.32 Å². The van der Waals surface area contributed by atoms with E-state index < -0.39 is 11.7 Å². The largest absolute Gasteiger partial charge is 0.421 e. The van der Waals surface area contributed by atoms with Crippen molar-refractivity contribution in [2.24, 2.45) is 0 Å². The fourth-order valence-corrected chi connectivity index (χ4v) is 1.47. The average molecular weight is 312 g/mol. The minimum absolute atomic E-state index is 0.0705. The van der Waals surface area contributed by atoms with Gasteiger partial charge in [0.25, 0.3) is 0 Å². The van der Waals surface area contributed by atoms with E-state index >= 15 is 0 Å². The van der Waals surface area contributed by atoms with E-state index in [0.29, 0.717) is 6.20 Å². The van der Waals surface area contributed by atoms with E-state index in [9.17, 15) is 13.2 Å². The maximum Gasteiger partial charge on any atom is 0.421 e. The fourth-order valence-electron chi connectivity index (χ4n) is 1.47. The van der Waals surface area contributed by atoms with Crippen LogP contribution in [0, 0.1) is 12.3 Å². The maximum absolute atomic E-state index is 12.7. The third kappa shape index (κ3) is 3.25. The van der Waals surface area contributed by atoms with Gasteiger partial charge in [-0.05, 0) is 6.92 Å². The Labute approximate surface area is 123 Å². The normalized spacial score (nSPS) is 12.5. The Balaban J connectivity index is 2.24. The second kappa shape index (κ2) is 5.88. The van der Waals surface area contributed by atoms with Gasteiger partial charge in [-0.2, -0.15) is 18.2 Å². The number of anilines is 3. The smallest absolute Gasteiger partial charge is 0.406 e. The molecular formula is C12H11F3N6O. The van der Waals surface area contributed by atoms with Crippen molar-refractivity contribution in [3.63, 3.8) is 0 Å². The third-order valence-corrected chi connectivity index (χ3v) is 2.61. The van der Waals surface area contributed by atoms with E-state index in [-0.39, 0.29) is 29.6 Å². The Morgan fingerprint density at radius 3 is 2.68 bits per heavy atom. The van der Waals surface area contributed by atoms with E-state index in [1.54, 1.807) is 6.92 Å². The molecule has 0 bridgehead atoms. The van der Waals surface area contributed by atoms with Crippen LogP contribution < -0.4 is 10.6 Å². The summed E-state index contributed by atoms with van der Waals surface area (Å²) in [5.41, 5.74) is -0.979.